The van der Waals surface area contributed by atoms with E-state index < -0.39 is 6.10 Å². The van der Waals surface area contributed by atoms with Gasteiger partial charge in [-0.15, -0.1) is 0 Å². The second kappa shape index (κ2) is 5.01. The Kier molecular flexibility index (Phi) is 3.21. The van der Waals surface area contributed by atoms with Gasteiger partial charge in [-0.3, -0.25) is 4.68 Å². The van der Waals surface area contributed by atoms with Crippen LogP contribution in [0.2, 0.25) is 0 Å². The van der Waals surface area contributed by atoms with Crippen LogP contribution in [0, 0.1) is 0 Å². The molecule has 1 aromatic heterocycles. The number of aliphatic hydroxyl groups excluding tert-OH is 1. The summed E-state index contributed by atoms with van der Waals surface area (Å²) in [6, 6.07) is 5.88. The summed E-state index contributed by atoms with van der Waals surface area (Å²) in [7, 11) is 0. The maximum atomic E-state index is 10.3. The Morgan fingerprint density at radius 1 is 1.47 bits per heavy atom. The highest BCUT2D eigenvalue weighted by atomic mass is 16.5. The van der Waals surface area contributed by atoms with Crippen LogP contribution in [0.1, 0.15) is 30.0 Å². The molecule has 0 radical (unpaired) electrons. The molecule has 5 nitrogen and oxygen atoms in total. The second-order valence-electron chi connectivity index (χ2n) is 4.68. The number of rotatable bonds is 4. The van der Waals surface area contributed by atoms with Crippen molar-refractivity contribution in [1.29, 1.82) is 0 Å². The predicted octanol–water partition coefficient (Wildman–Crippen LogP) is 1.51. The molecule has 1 aromatic carbocycles. The molecule has 0 saturated heterocycles. The smallest absolute Gasteiger partial charge is 0.138 e. The van der Waals surface area contributed by atoms with Crippen LogP contribution in [0.4, 0.5) is 0 Å². The van der Waals surface area contributed by atoms with Gasteiger partial charge >= 0.3 is 0 Å². The second-order valence-corrected chi connectivity index (χ2v) is 4.68. The van der Waals surface area contributed by atoms with Crippen LogP contribution in [0.3, 0.4) is 0 Å². The van der Waals surface area contributed by atoms with E-state index in [2.05, 4.69) is 10.1 Å². The number of fused-ring (bicyclic) bond motifs is 1. The van der Waals surface area contributed by atoms with Crippen LogP contribution in [0.5, 0.6) is 5.75 Å². The summed E-state index contributed by atoms with van der Waals surface area (Å²) in [4.78, 5) is 4.19. The van der Waals surface area contributed by atoms with Gasteiger partial charge in [-0.05, 0) is 30.2 Å². The standard InChI is InChI=1S/C14H17N3O2/c1-2-17-14(15-9-16-17)8-12(18)10-3-4-13-11(7-10)5-6-19-13/h3-4,7,9,12,18H,2,5-6,8H2,1H3. The predicted molar refractivity (Wildman–Crippen MR) is 70.0 cm³/mol. The fraction of sp³-hybridized carbons (Fsp3) is 0.429. The molecule has 1 atom stereocenters. The average molecular weight is 259 g/mol. The Morgan fingerprint density at radius 3 is 3.21 bits per heavy atom. The molecule has 100 valence electrons. The largest absolute Gasteiger partial charge is 0.493 e. The van der Waals surface area contributed by atoms with Crippen LogP contribution in [0.15, 0.2) is 24.5 Å². The molecule has 1 N–H and O–H groups in total. The minimum atomic E-state index is -0.555. The Morgan fingerprint density at radius 2 is 2.37 bits per heavy atom. The lowest BCUT2D eigenvalue weighted by Gasteiger charge is -2.12. The molecule has 2 heterocycles. The van der Waals surface area contributed by atoms with Gasteiger partial charge in [0.2, 0.25) is 0 Å². The number of ether oxygens (including phenoxy) is 1. The molecular weight excluding hydrogens is 242 g/mol. The Hall–Kier alpha value is -1.88. The van der Waals surface area contributed by atoms with Crippen molar-refractivity contribution in [3.63, 3.8) is 0 Å². The highest BCUT2D eigenvalue weighted by molar-refractivity contribution is 5.40. The first-order valence-corrected chi connectivity index (χ1v) is 6.58. The molecule has 1 unspecified atom stereocenters. The zero-order valence-corrected chi connectivity index (χ0v) is 10.9. The molecule has 3 rings (SSSR count). The first-order valence-electron chi connectivity index (χ1n) is 6.58. The summed E-state index contributed by atoms with van der Waals surface area (Å²) in [5.41, 5.74) is 2.09. The van der Waals surface area contributed by atoms with Gasteiger partial charge in [0.1, 0.15) is 17.9 Å². The van der Waals surface area contributed by atoms with Gasteiger partial charge in [0, 0.05) is 19.4 Å². The fourth-order valence-corrected chi connectivity index (χ4v) is 2.41. The SMILES string of the molecule is CCn1ncnc1CC(O)c1ccc2c(c1)CCO2. The number of hydrogen-bond acceptors (Lipinski definition) is 4. The topological polar surface area (TPSA) is 60.2 Å². The van der Waals surface area contributed by atoms with Crippen molar-refractivity contribution in [2.24, 2.45) is 0 Å². The van der Waals surface area contributed by atoms with Gasteiger partial charge in [0.15, 0.2) is 0 Å². The van der Waals surface area contributed by atoms with Crippen molar-refractivity contribution in [1.82, 2.24) is 14.8 Å². The monoisotopic (exact) mass is 259 g/mol. The van der Waals surface area contributed by atoms with Crippen LogP contribution in [-0.4, -0.2) is 26.5 Å². The van der Waals surface area contributed by atoms with E-state index in [1.54, 1.807) is 4.68 Å². The van der Waals surface area contributed by atoms with E-state index in [0.29, 0.717) is 6.42 Å². The molecular formula is C14H17N3O2. The minimum Gasteiger partial charge on any atom is -0.493 e. The summed E-state index contributed by atoms with van der Waals surface area (Å²) in [6.45, 7) is 3.51. The lowest BCUT2D eigenvalue weighted by Crippen LogP contribution is -2.09. The lowest BCUT2D eigenvalue weighted by molar-refractivity contribution is 0.174. The van der Waals surface area contributed by atoms with Crippen LogP contribution < -0.4 is 4.74 Å². The zero-order valence-electron chi connectivity index (χ0n) is 10.9. The maximum absolute atomic E-state index is 10.3. The zero-order chi connectivity index (χ0) is 13.2. The number of hydrogen-bond donors (Lipinski definition) is 1. The summed E-state index contributed by atoms with van der Waals surface area (Å²) in [5, 5.41) is 14.4. The van der Waals surface area contributed by atoms with Crippen molar-refractivity contribution < 1.29 is 9.84 Å². The van der Waals surface area contributed by atoms with Crippen molar-refractivity contribution in [2.45, 2.75) is 32.4 Å². The van der Waals surface area contributed by atoms with Crippen LogP contribution >= 0.6 is 0 Å². The Balaban J connectivity index is 1.79. The van der Waals surface area contributed by atoms with Gasteiger partial charge in [-0.2, -0.15) is 5.10 Å². The van der Waals surface area contributed by atoms with Crippen molar-refractivity contribution in [2.75, 3.05) is 6.61 Å². The molecule has 0 amide bonds. The van der Waals surface area contributed by atoms with E-state index >= 15 is 0 Å². The summed E-state index contributed by atoms with van der Waals surface area (Å²) in [5.74, 6) is 1.75. The number of aryl methyl sites for hydroxylation is 1. The van der Waals surface area contributed by atoms with E-state index in [0.717, 1.165) is 36.7 Å². The average Bonchev–Trinajstić information content (AvgIpc) is 3.05. The minimum absolute atomic E-state index is 0.480. The molecule has 19 heavy (non-hydrogen) atoms. The summed E-state index contributed by atoms with van der Waals surface area (Å²) >= 11 is 0. The Labute approximate surface area is 111 Å². The van der Waals surface area contributed by atoms with Crippen molar-refractivity contribution in [3.05, 3.63) is 41.5 Å². The first kappa shape index (κ1) is 12.2. The lowest BCUT2D eigenvalue weighted by atomic mass is 10.0. The van der Waals surface area contributed by atoms with Crippen molar-refractivity contribution >= 4 is 0 Å². The highest BCUT2D eigenvalue weighted by Crippen LogP contribution is 2.29. The van der Waals surface area contributed by atoms with E-state index in [-0.39, 0.29) is 0 Å². The van der Waals surface area contributed by atoms with Crippen molar-refractivity contribution in [3.8, 4) is 5.75 Å². The van der Waals surface area contributed by atoms with E-state index in [1.165, 1.54) is 11.9 Å². The number of benzene rings is 1. The summed E-state index contributed by atoms with van der Waals surface area (Å²) < 4.78 is 7.27. The maximum Gasteiger partial charge on any atom is 0.138 e. The molecule has 1 aliphatic rings. The fourth-order valence-electron chi connectivity index (χ4n) is 2.41. The van der Waals surface area contributed by atoms with E-state index in [4.69, 9.17) is 4.74 Å². The van der Waals surface area contributed by atoms with Gasteiger partial charge in [-0.25, -0.2) is 4.98 Å². The normalized spacial score (nSPS) is 15.1. The molecule has 0 fully saturated rings. The Bertz CT molecular complexity index is 580. The third-order valence-electron chi connectivity index (χ3n) is 3.47. The third-order valence-corrected chi connectivity index (χ3v) is 3.47. The van der Waals surface area contributed by atoms with Gasteiger partial charge in [0.05, 0.1) is 12.7 Å². The molecule has 0 bridgehead atoms. The molecule has 2 aromatic rings. The third kappa shape index (κ3) is 2.33. The van der Waals surface area contributed by atoms with Crippen LogP contribution in [-0.2, 0) is 19.4 Å². The van der Waals surface area contributed by atoms with E-state index in [1.807, 2.05) is 25.1 Å². The quantitative estimate of drug-likeness (QED) is 0.904. The molecule has 0 saturated carbocycles. The molecule has 0 aliphatic carbocycles. The number of aliphatic hydroxyl groups is 1. The molecule has 0 spiro atoms. The molecule has 5 heteroatoms. The van der Waals surface area contributed by atoms with Gasteiger partial charge in [0.25, 0.3) is 0 Å². The molecule has 1 aliphatic heterocycles. The van der Waals surface area contributed by atoms with Gasteiger partial charge in [-0.1, -0.05) is 6.07 Å². The number of nitrogens with zero attached hydrogens (tertiary/aromatic N) is 3. The van der Waals surface area contributed by atoms with Crippen LogP contribution in [0.25, 0.3) is 0 Å². The van der Waals surface area contributed by atoms with Gasteiger partial charge < -0.3 is 9.84 Å². The first-order chi connectivity index (χ1) is 9.28. The number of aromatic nitrogens is 3. The summed E-state index contributed by atoms with van der Waals surface area (Å²) in [6.07, 6.45) is 2.37. The van der Waals surface area contributed by atoms with E-state index in [9.17, 15) is 5.11 Å². The highest BCUT2D eigenvalue weighted by Gasteiger charge is 2.17.